The van der Waals surface area contributed by atoms with Gasteiger partial charge in [0.2, 0.25) is 5.78 Å². The molecule has 1 aliphatic carbocycles. The Kier molecular flexibility index (Phi) is 4.37. The lowest BCUT2D eigenvalue weighted by atomic mass is 9.94. The second kappa shape index (κ2) is 6.44. The van der Waals surface area contributed by atoms with E-state index < -0.39 is 5.78 Å². The van der Waals surface area contributed by atoms with Crippen molar-refractivity contribution in [1.82, 2.24) is 4.90 Å². The van der Waals surface area contributed by atoms with Crippen LogP contribution in [0.15, 0.2) is 23.8 Å². The Morgan fingerprint density at radius 3 is 2.65 bits per heavy atom. The first-order chi connectivity index (χ1) is 11.1. The molecule has 1 aliphatic heterocycles. The summed E-state index contributed by atoms with van der Waals surface area (Å²) in [5, 5.41) is 9.63. The minimum atomic E-state index is -0.414. The van der Waals surface area contributed by atoms with E-state index in [4.69, 9.17) is 4.74 Å². The molecule has 5 nitrogen and oxygen atoms in total. The molecule has 0 unspecified atom stereocenters. The van der Waals surface area contributed by atoms with Crippen molar-refractivity contribution < 1.29 is 19.4 Å². The van der Waals surface area contributed by atoms with Gasteiger partial charge in [-0.25, -0.2) is 0 Å². The molecule has 0 radical (unpaired) electrons. The smallest absolute Gasteiger partial charge is 0.295 e. The molecule has 0 bridgehead atoms. The Morgan fingerprint density at radius 1 is 1.22 bits per heavy atom. The number of carbonyl (C=O) groups is 2. The van der Waals surface area contributed by atoms with E-state index in [0.717, 1.165) is 31.2 Å². The molecule has 1 amide bonds. The van der Waals surface area contributed by atoms with E-state index in [-0.39, 0.29) is 17.7 Å². The third kappa shape index (κ3) is 3.09. The van der Waals surface area contributed by atoms with E-state index in [1.54, 1.807) is 23.1 Å². The van der Waals surface area contributed by atoms with E-state index in [2.05, 4.69) is 0 Å². The zero-order chi connectivity index (χ0) is 16.4. The molecule has 23 heavy (non-hydrogen) atoms. The van der Waals surface area contributed by atoms with Crippen LogP contribution in [-0.4, -0.2) is 41.4 Å². The normalized spacial score (nSPS) is 21.3. The fourth-order valence-electron chi connectivity index (χ4n) is 3.38. The van der Waals surface area contributed by atoms with Gasteiger partial charge < -0.3 is 14.7 Å². The lowest BCUT2D eigenvalue weighted by molar-refractivity contribution is -0.140. The average Bonchev–Trinajstić information content (AvgIpc) is 2.86. The summed E-state index contributed by atoms with van der Waals surface area (Å²) in [6.07, 6.45) is 7.14. The van der Waals surface area contributed by atoms with E-state index in [1.165, 1.54) is 19.6 Å². The second-order valence-corrected chi connectivity index (χ2v) is 6.15. The van der Waals surface area contributed by atoms with Crippen molar-refractivity contribution in [1.29, 1.82) is 0 Å². The summed E-state index contributed by atoms with van der Waals surface area (Å²) in [4.78, 5) is 26.2. The summed E-state index contributed by atoms with van der Waals surface area (Å²) in [5.74, 6) is -0.399. The van der Waals surface area contributed by atoms with Crippen LogP contribution in [0.1, 0.15) is 37.7 Å². The molecule has 2 fully saturated rings. The van der Waals surface area contributed by atoms with Crippen LogP contribution >= 0.6 is 0 Å². The molecule has 1 N–H and O–H groups in total. The Labute approximate surface area is 135 Å². The quantitative estimate of drug-likeness (QED) is 0.687. The van der Waals surface area contributed by atoms with Crippen LogP contribution in [-0.2, 0) is 9.59 Å². The summed E-state index contributed by atoms with van der Waals surface area (Å²) >= 11 is 0. The van der Waals surface area contributed by atoms with Crippen LogP contribution in [0, 0.1) is 0 Å². The predicted molar refractivity (Wildman–Crippen MR) is 86.2 cm³/mol. The van der Waals surface area contributed by atoms with Crippen LogP contribution < -0.4 is 4.74 Å². The van der Waals surface area contributed by atoms with Crippen molar-refractivity contribution in [2.45, 2.75) is 38.1 Å². The number of ketones is 1. The Balaban J connectivity index is 1.82. The topological polar surface area (TPSA) is 66.8 Å². The molecule has 1 aromatic carbocycles. The van der Waals surface area contributed by atoms with Gasteiger partial charge in [-0.05, 0) is 36.6 Å². The monoisotopic (exact) mass is 315 g/mol. The van der Waals surface area contributed by atoms with Gasteiger partial charge in [0.05, 0.1) is 13.7 Å². The highest BCUT2D eigenvalue weighted by Crippen LogP contribution is 2.30. The molecule has 1 heterocycles. The number of carbonyl (C=O) groups excluding carboxylic acids is 2. The number of Topliss-reactive ketones (excluding diaryl/α,β-unsaturated/α-hetero) is 1. The number of methoxy groups -OCH3 is 1. The summed E-state index contributed by atoms with van der Waals surface area (Å²) in [7, 11) is 1.47. The van der Waals surface area contributed by atoms with E-state index in [1.807, 2.05) is 0 Å². The Hall–Kier alpha value is -2.30. The number of likely N-dealkylation sites (tertiary alicyclic amines) is 1. The number of aromatic hydroxyl groups is 1. The molecular formula is C18H21NO4. The molecule has 2 aliphatic rings. The van der Waals surface area contributed by atoms with Crippen molar-refractivity contribution in [2.24, 2.45) is 0 Å². The fourth-order valence-corrected chi connectivity index (χ4v) is 3.38. The van der Waals surface area contributed by atoms with Gasteiger partial charge in [-0.1, -0.05) is 25.3 Å². The molecule has 1 aromatic rings. The molecule has 0 spiro atoms. The molecule has 0 aromatic heterocycles. The summed E-state index contributed by atoms with van der Waals surface area (Å²) in [6.45, 7) is 0.380. The SMILES string of the molecule is COc1cc(/C=C2\CN(C3CCCCC3)C(=O)C2=O)ccc1O. The van der Waals surface area contributed by atoms with E-state index >= 15 is 0 Å². The lowest BCUT2D eigenvalue weighted by Crippen LogP contribution is -2.38. The van der Waals surface area contributed by atoms with Crippen molar-refractivity contribution >= 4 is 17.8 Å². The number of ether oxygens (including phenoxy) is 1. The second-order valence-electron chi connectivity index (χ2n) is 6.15. The zero-order valence-electron chi connectivity index (χ0n) is 13.2. The first-order valence-electron chi connectivity index (χ1n) is 8.03. The van der Waals surface area contributed by atoms with Crippen LogP contribution in [0.25, 0.3) is 6.08 Å². The third-order valence-electron chi connectivity index (χ3n) is 4.65. The summed E-state index contributed by atoms with van der Waals surface area (Å²) < 4.78 is 5.07. The van der Waals surface area contributed by atoms with Crippen LogP contribution in [0.3, 0.4) is 0 Å². The van der Waals surface area contributed by atoms with E-state index in [0.29, 0.717) is 17.9 Å². The molecule has 122 valence electrons. The van der Waals surface area contributed by atoms with Gasteiger partial charge in [0.25, 0.3) is 5.91 Å². The molecule has 1 saturated carbocycles. The zero-order valence-corrected chi connectivity index (χ0v) is 13.2. The number of phenols is 1. The predicted octanol–water partition coefficient (Wildman–Crippen LogP) is 2.53. The molecule has 5 heteroatoms. The minimum Gasteiger partial charge on any atom is -0.504 e. The van der Waals surface area contributed by atoms with Gasteiger partial charge in [0.1, 0.15) is 0 Å². The van der Waals surface area contributed by atoms with Gasteiger partial charge in [-0.15, -0.1) is 0 Å². The van der Waals surface area contributed by atoms with Crippen LogP contribution in [0.5, 0.6) is 11.5 Å². The van der Waals surface area contributed by atoms with Crippen LogP contribution in [0.4, 0.5) is 0 Å². The highest BCUT2D eigenvalue weighted by Gasteiger charge is 2.38. The van der Waals surface area contributed by atoms with Gasteiger partial charge in [0.15, 0.2) is 11.5 Å². The molecular weight excluding hydrogens is 294 g/mol. The number of rotatable bonds is 3. The molecule has 0 atom stereocenters. The first-order valence-corrected chi connectivity index (χ1v) is 8.03. The van der Waals surface area contributed by atoms with Gasteiger partial charge >= 0.3 is 0 Å². The average molecular weight is 315 g/mol. The van der Waals surface area contributed by atoms with Crippen LogP contribution in [0.2, 0.25) is 0 Å². The molecule has 1 saturated heterocycles. The number of amides is 1. The highest BCUT2D eigenvalue weighted by molar-refractivity contribution is 6.46. The number of phenolic OH excluding ortho intramolecular Hbond substituents is 1. The third-order valence-corrected chi connectivity index (χ3v) is 4.65. The lowest BCUT2D eigenvalue weighted by Gasteiger charge is -2.30. The standard InChI is InChI=1S/C18H21NO4/c1-23-16-10-12(7-8-15(16)20)9-13-11-19(18(22)17(13)21)14-5-3-2-4-6-14/h7-10,14,20H,2-6,11H2,1H3/b13-9+. The van der Waals surface area contributed by atoms with E-state index in [9.17, 15) is 14.7 Å². The Morgan fingerprint density at radius 2 is 1.96 bits per heavy atom. The van der Waals surface area contributed by atoms with Crippen molar-refractivity contribution in [3.05, 3.63) is 29.3 Å². The van der Waals surface area contributed by atoms with Crippen molar-refractivity contribution in [2.75, 3.05) is 13.7 Å². The maximum absolute atomic E-state index is 12.3. The number of benzene rings is 1. The van der Waals surface area contributed by atoms with Crippen molar-refractivity contribution in [3.8, 4) is 11.5 Å². The van der Waals surface area contributed by atoms with Crippen molar-refractivity contribution in [3.63, 3.8) is 0 Å². The maximum atomic E-state index is 12.3. The maximum Gasteiger partial charge on any atom is 0.295 e. The minimum absolute atomic E-state index is 0.0484. The highest BCUT2D eigenvalue weighted by atomic mass is 16.5. The van der Waals surface area contributed by atoms with Gasteiger partial charge in [-0.2, -0.15) is 0 Å². The summed E-state index contributed by atoms with van der Waals surface area (Å²) in [6, 6.07) is 5.07. The van der Waals surface area contributed by atoms with Gasteiger partial charge in [0, 0.05) is 11.6 Å². The van der Waals surface area contributed by atoms with Gasteiger partial charge in [-0.3, -0.25) is 9.59 Å². The molecule has 3 rings (SSSR count). The Bertz CT molecular complexity index is 659. The number of nitrogens with zero attached hydrogens (tertiary/aromatic N) is 1. The summed E-state index contributed by atoms with van der Waals surface area (Å²) in [5.41, 5.74) is 1.25. The fraction of sp³-hybridized carbons (Fsp3) is 0.444. The first kappa shape index (κ1) is 15.6. The largest absolute Gasteiger partial charge is 0.504 e. The number of hydrogen-bond donors (Lipinski definition) is 1. The number of hydrogen-bond acceptors (Lipinski definition) is 4.